The number of piperidine rings is 1. The van der Waals surface area contributed by atoms with Crippen molar-refractivity contribution in [3.8, 4) is 17.6 Å². The molecule has 1 aliphatic heterocycles. The van der Waals surface area contributed by atoms with Gasteiger partial charge in [0.05, 0.1) is 23.3 Å². The van der Waals surface area contributed by atoms with Crippen molar-refractivity contribution in [3.63, 3.8) is 0 Å². The molecule has 1 aliphatic rings. The molecule has 7 heteroatoms. The molecule has 0 aliphatic carbocycles. The van der Waals surface area contributed by atoms with Crippen molar-refractivity contribution >= 4 is 22.7 Å². The number of nitrogens with two attached hydrogens (primary N) is 1. The predicted octanol–water partition coefficient (Wildman–Crippen LogP) is 2.59. The molecule has 0 radical (unpaired) electrons. The highest BCUT2D eigenvalue weighted by Gasteiger charge is 2.21. The van der Waals surface area contributed by atoms with Gasteiger partial charge < -0.3 is 15.6 Å². The fourth-order valence-electron chi connectivity index (χ4n) is 3.02. The lowest BCUT2D eigenvalue weighted by Gasteiger charge is -2.30. The number of nitriles is 1. The van der Waals surface area contributed by atoms with Gasteiger partial charge in [-0.2, -0.15) is 5.26 Å². The first kappa shape index (κ1) is 14.5. The summed E-state index contributed by atoms with van der Waals surface area (Å²) < 4.78 is 0. The third-order valence-corrected chi connectivity index (χ3v) is 4.40. The van der Waals surface area contributed by atoms with E-state index in [4.69, 9.17) is 11.0 Å². The Morgan fingerprint density at radius 2 is 2.04 bits per heavy atom. The maximum Gasteiger partial charge on any atom is 0.161 e. The number of anilines is 2. The minimum Gasteiger partial charge on any atom is -0.382 e. The van der Waals surface area contributed by atoms with Gasteiger partial charge in [0.15, 0.2) is 17.3 Å². The Balaban J connectivity index is 0.00000182. The summed E-state index contributed by atoms with van der Waals surface area (Å²) in [6.07, 6.45) is 3.39. The molecular formula is C17H19N7. The second kappa shape index (κ2) is 5.81. The highest BCUT2D eigenvalue weighted by molar-refractivity contribution is 5.80. The number of aromatic nitrogens is 4. The number of aromatic amines is 1. The molecule has 4 rings (SSSR count). The van der Waals surface area contributed by atoms with E-state index in [1.807, 2.05) is 24.3 Å². The second-order valence-electron chi connectivity index (χ2n) is 5.96. The van der Waals surface area contributed by atoms with E-state index in [9.17, 15) is 0 Å². The van der Waals surface area contributed by atoms with E-state index in [0.29, 0.717) is 17.3 Å². The molecule has 24 heavy (non-hydrogen) atoms. The summed E-state index contributed by atoms with van der Waals surface area (Å²) in [6.45, 7) is 1.60. The lowest BCUT2D eigenvalue weighted by Crippen LogP contribution is -2.34. The lowest BCUT2D eigenvalue weighted by molar-refractivity contribution is 0.485. The molecular weight excluding hydrogens is 302 g/mol. The smallest absolute Gasteiger partial charge is 0.161 e. The summed E-state index contributed by atoms with van der Waals surface area (Å²) in [5.41, 5.74) is 8.39. The Hall–Kier alpha value is -3.14. The van der Waals surface area contributed by atoms with Crippen LogP contribution in [0.15, 0.2) is 30.5 Å². The minimum absolute atomic E-state index is 0. The molecule has 122 valence electrons. The van der Waals surface area contributed by atoms with Gasteiger partial charge in [-0.05, 0) is 25.0 Å². The molecule has 0 bridgehead atoms. The summed E-state index contributed by atoms with van der Waals surface area (Å²) in [7, 11) is 0. The third-order valence-electron chi connectivity index (χ3n) is 4.40. The Morgan fingerprint density at radius 1 is 1.25 bits per heavy atom. The largest absolute Gasteiger partial charge is 0.382 e. The normalized spacial score (nSPS) is 15.5. The van der Waals surface area contributed by atoms with Crippen LogP contribution in [-0.4, -0.2) is 33.0 Å². The van der Waals surface area contributed by atoms with Gasteiger partial charge in [-0.3, -0.25) is 0 Å². The van der Waals surface area contributed by atoms with Crippen molar-refractivity contribution < 1.29 is 1.43 Å². The molecule has 0 amide bonds. The van der Waals surface area contributed by atoms with Gasteiger partial charge in [0, 0.05) is 20.4 Å². The van der Waals surface area contributed by atoms with Crippen LogP contribution < -0.4 is 10.6 Å². The first-order chi connectivity index (χ1) is 11.7. The van der Waals surface area contributed by atoms with Crippen molar-refractivity contribution in [1.29, 1.82) is 5.26 Å². The zero-order valence-corrected chi connectivity index (χ0v) is 13.1. The molecule has 7 nitrogen and oxygen atoms in total. The van der Waals surface area contributed by atoms with Crippen LogP contribution in [0.1, 0.15) is 14.3 Å². The van der Waals surface area contributed by atoms with Crippen LogP contribution in [0.25, 0.3) is 22.6 Å². The van der Waals surface area contributed by atoms with Crippen molar-refractivity contribution in [2.45, 2.75) is 12.8 Å². The molecule has 3 heterocycles. The fraction of sp³-hybridized carbons (Fsp3) is 0.294. The van der Waals surface area contributed by atoms with E-state index in [2.05, 4.69) is 30.9 Å². The minimum atomic E-state index is 0. The predicted molar refractivity (Wildman–Crippen MR) is 94.2 cm³/mol. The van der Waals surface area contributed by atoms with Gasteiger partial charge >= 0.3 is 0 Å². The fourth-order valence-corrected chi connectivity index (χ4v) is 3.02. The number of nitrogens with zero attached hydrogens (tertiary/aromatic N) is 5. The van der Waals surface area contributed by atoms with Gasteiger partial charge in [0.1, 0.15) is 5.82 Å². The van der Waals surface area contributed by atoms with Crippen LogP contribution in [0.2, 0.25) is 0 Å². The maximum absolute atomic E-state index is 9.02. The standard InChI is InChI=1S/C17H17N7.H2/c18-9-11-5-7-24(8-6-11)14-10-20-16(19)15(23-14)17-21-12-3-1-2-4-13(12)22-17;/h1-4,10-11H,5-8H2,(H2,19,20)(H,21,22);1H. The number of hydrogen-bond donors (Lipinski definition) is 2. The Kier molecular flexibility index (Phi) is 3.50. The monoisotopic (exact) mass is 321 g/mol. The van der Waals surface area contributed by atoms with Crippen LogP contribution in [0, 0.1) is 17.2 Å². The van der Waals surface area contributed by atoms with Crippen LogP contribution in [0.5, 0.6) is 0 Å². The molecule has 0 saturated carbocycles. The quantitative estimate of drug-likeness (QED) is 0.751. The molecule has 2 aromatic heterocycles. The molecule has 1 saturated heterocycles. The Labute approximate surface area is 140 Å². The number of nitrogens with one attached hydrogen (secondary N) is 1. The summed E-state index contributed by atoms with van der Waals surface area (Å²) in [4.78, 5) is 18.9. The number of rotatable bonds is 2. The number of nitrogen functional groups attached to an aromatic ring is 1. The number of para-hydroxylation sites is 2. The van der Waals surface area contributed by atoms with Crippen molar-refractivity contribution in [2.24, 2.45) is 5.92 Å². The summed E-state index contributed by atoms with van der Waals surface area (Å²) in [5.74, 6) is 1.88. The zero-order chi connectivity index (χ0) is 16.5. The van der Waals surface area contributed by atoms with Gasteiger partial charge in [-0.25, -0.2) is 15.0 Å². The number of imidazole rings is 1. The molecule has 1 aromatic carbocycles. The Bertz CT molecular complexity index is 889. The topological polar surface area (TPSA) is 108 Å². The Morgan fingerprint density at radius 3 is 2.79 bits per heavy atom. The van der Waals surface area contributed by atoms with Gasteiger partial charge in [0.25, 0.3) is 0 Å². The van der Waals surface area contributed by atoms with E-state index in [0.717, 1.165) is 42.8 Å². The molecule has 0 atom stereocenters. The first-order valence-corrected chi connectivity index (χ1v) is 7.97. The molecule has 1 fully saturated rings. The molecule has 0 unspecified atom stereocenters. The first-order valence-electron chi connectivity index (χ1n) is 7.97. The SMILES string of the molecule is N#CC1CCN(c2cnc(N)c(-c3nc4ccccc4[nH]3)n2)CC1.[HH]. The summed E-state index contributed by atoms with van der Waals surface area (Å²) in [6, 6.07) is 10.1. The van der Waals surface area contributed by atoms with Crippen molar-refractivity contribution in [2.75, 3.05) is 23.7 Å². The zero-order valence-electron chi connectivity index (χ0n) is 13.1. The second-order valence-corrected chi connectivity index (χ2v) is 5.96. The van der Waals surface area contributed by atoms with E-state index < -0.39 is 0 Å². The van der Waals surface area contributed by atoms with Gasteiger partial charge in [0.2, 0.25) is 0 Å². The highest BCUT2D eigenvalue weighted by atomic mass is 15.2. The average Bonchev–Trinajstić information content (AvgIpc) is 3.06. The number of H-pyrrole nitrogens is 1. The number of hydrogen-bond acceptors (Lipinski definition) is 6. The van der Waals surface area contributed by atoms with Gasteiger partial charge in [-0.1, -0.05) is 12.1 Å². The van der Waals surface area contributed by atoms with Gasteiger partial charge in [-0.15, -0.1) is 0 Å². The highest BCUT2D eigenvalue weighted by Crippen LogP contribution is 2.27. The average molecular weight is 321 g/mol. The van der Waals surface area contributed by atoms with E-state index >= 15 is 0 Å². The number of benzene rings is 1. The van der Waals surface area contributed by atoms with Crippen molar-refractivity contribution in [1.82, 2.24) is 19.9 Å². The molecule has 3 aromatic rings. The van der Waals surface area contributed by atoms with Crippen LogP contribution in [-0.2, 0) is 0 Å². The molecule has 0 spiro atoms. The van der Waals surface area contributed by atoms with E-state index in [-0.39, 0.29) is 7.34 Å². The van der Waals surface area contributed by atoms with Crippen molar-refractivity contribution in [3.05, 3.63) is 30.5 Å². The van der Waals surface area contributed by atoms with Crippen LogP contribution in [0.4, 0.5) is 11.6 Å². The van der Waals surface area contributed by atoms with Crippen LogP contribution in [0.3, 0.4) is 0 Å². The molecule has 3 N–H and O–H groups in total. The number of fused-ring (bicyclic) bond motifs is 1. The van der Waals surface area contributed by atoms with E-state index in [1.165, 1.54) is 0 Å². The summed E-state index contributed by atoms with van der Waals surface area (Å²) in [5, 5.41) is 9.02. The van der Waals surface area contributed by atoms with E-state index in [1.54, 1.807) is 6.20 Å². The van der Waals surface area contributed by atoms with Crippen LogP contribution >= 0.6 is 0 Å². The lowest BCUT2D eigenvalue weighted by atomic mass is 9.99. The summed E-state index contributed by atoms with van der Waals surface area (Å²) >= 11 is 0. The third kappa shape index (κ3) is 2.52. The maximum atomic E-state index is 9.02.